The number of rotatable bonds is 26. The molecule has 84 heavy (non-hydrogen) atoms. The van der Waals surface area contributed by atoms with E-state index in [-0.39, 0.29) is 18.7 Å². The quantitative estimate of drug-likeness (QED) is 0.0416. The van der Waals surface area contributed by atoms with Crippen LogP contribution in [0, 0.1) is 5.41 Å². The number of guanidine groups is 1. The van der Waals surface area contributed by atoms with Crippen molar-refractivity contribution in [1.29, 1.82) is 5.41 Å². The summed E-state index contributed by atoms with van der Waals surface area (Å²) in [4.78, 5) is 81.1. The molecule has 4 aliphatic heterocycles. The van der Waals surface area contributed by atoms with Gasteiger partial charge in [-0.3, -0.25) is 34.2 Å². The molecule has 2 aromatic rings. The highest BCUT2D eigenvalue weighted by Crippen LogP contribution is 2.32. The Labute approximate surface area is 479 Å². The molecule has 2 aromatic carbocycles. The molecule has 0 spiro atoms. The summed E-state index contributed by atoms with van der Waals surface area (Å²) >= 11 is 0. The van der Waals surface area contributed by atoms with Crippen molar-refractivity contribution in [2.24, 2.45) is 5.73 Å². The van der Waals surface area contributed by atoms with E-state index in [1.807, 2.05) is 0 Å². The number of ether oxygens (including phenoxy) is 5. The van der Waals surface area contributed by atoms with E-state index in [9.17, 15) is 95.2 Å². The zero-order chi connectivity index (χ0) is 61.9. The molecular weight excluding hydrogens is 1120 g/mol. The van der Waals surface area contributed by atoms with E-state index in [0.29, 0.717) is 11.1 Å². The summed E-state index contributed by atoms with van der Waals surface area (Å²) in [6.45, 7) is -1.92. The summed E-state index contributed by atoms with van der Waals surface area (Å²) in [5.74, 6) is -6.55. The van der Waals surface area contributed by atoms with Crippen LogP contribution in [0.2, 0.25) is 0 Å². The third-order valence-corrected chi connectivity index (χ3v) is 14.7. The van der Waals surface area contributed by atoms with Gasteiger partial charge in [-0.1, -0.05) is 49.4 Å². The van der Waals surface area contributed by atoms with Crippen molar-refractivity contribution in [3.8, 4) is 5.75 Å². The molecule has 33 heteroatoms. The van der Waals surface area contributed by atoms with Crippen LogP contribution in [0.4, 0.5) is 0 Å². The van der Waals surface area contributed by atoms with Gasteiger partial charge in [0.05, 0.1) is 51.1 Å². The Balaban J connectivity index is 1.07. The minimum absolute atomic E-state index is 0.0487. The first kappa shape index (κ1) is 66.9. The molecule has 0 aromatic heterocycles. The summed E-state index contributed by atoms with van der Waals surface area (Å²) in [5.41, 5.74) is 6.71. The van der Waals surface area contributed by atoms with Crippen LogP contribution < -0.4 is 42.4 Å². The van der Waals surface area contributed by atoms with Crippen LogP contribution >= 0.6 is 0 Å². The molecule has 6 rings (SSSR count). The molecule has 4 fully saturated rings. The standard InChI is InChI=1S/C51H74N9O24/c1-20(23-6-4-3-5-7-23)32(46(78)56-24(15-61)12-22-8-10-25(11-9-22)80-49-42(75)39(72)43(30(19-65)83-49)84-50-41(74)38(71)36(69)29(18-64)82-50)58-31(66)14-54-45(77)26(16-62)57-47(79)33(59-44(76)21(2)52)34(67)27-13-55-51(53)60(27)48-40(73)37(70)35(68)28(17-63)81-48/h3-11,20-21,24,26-30,32-43,48-50,62-65,67-75H,12-14,16-19,52H2,1-2H3,(H2,53,55)(H,54,77)(H,56,78)(H,57,79)(H,58,66)(H,59,76)/t20?,21-,24-,26-,27?,28?,29?,30?,32-,33-,34?,35?,36?,37?,38?,39?,40?,41?,42?,43?,48?,49?,50?/m0/s1. The van der Waals surface area contributed by atoms with Crippen molar-refractivity contribution in [2.45, 2.75) is 161 Å². The highest BCUT2D eigenvalue weighted by molar-refractivity contribution is 5.95. The first-order valence-electron chi connectivity index (χ1n) is 26.6. The Kier molecular flexibility index (Phi) is 24.1. The fraction of sp³-hybridized carbons (Fsp3) is 0.627. The molecule has 5 amide bonds. The highest BCUT2D eigenvalue weighted by atomic mass is 16.7. The normalized spacial score (nSPS) is 32.2. The number of nitrogens with zero attached hydrogens (tertiary/aromatic N) is 1. The molecule has 0 aliphatic carbocycles. The van der Waals surface area contributed by atoms with Crippen LogP contribution in [-0.4, -0.2) is 287 Å². The summed E-state index contributed by atoms with van der Waals surface area (Å²) in [5, 5.41) is 158. The maximum atomic E-state index is 14.0. The second kappa shape index (κ2) is 30.2. The van der Waals surface area contributed by atoms with Gasteiger partial charge in [-0.25, -0.2) is 0 Å². The van der Waals surface area contributed by atoms with Crippen molar-refractivity contribution in [3.05, 3.63) is 65.7 Å². The third kappa shape index (κ3) is 15.8. The monoisotopic (exact) mass is 1200 g/mol. The van der Waals surface area contributed by atoms with Crippen molar-refractivity contribution < 1.29 is 119 Å². The van der Waals surface area contributed by atoms with Gasteiger partial charge in [-0.15, -0.1) is 0 Å². The Morgan fingerprint density at radius 1 is 0.702 bits per heavy atom. The number of benzene rings is 2. The Morgan fingerprint density at radius 3 is 1.88 bits per heavy atom. The first-order valence-corrected chi connectivity index (χ1v) is 26.6. The van der Waals surface area contributed by atoms with Crippen molar-refractivity contribution in [2.75, 3.05) is 39.5 Å². The second-order valence-electron chi connectivity index (χ2n) is 20.5. The van der Waals surface area contributed by atoms with E-state index >= 15 is 0 Å². The molecular formula is C51H74N9O24. The topological polar surface area (TPSA) is 537 Å². The molecule has 4 aliphatic rings. The van der Waals surface area contributed by atoms with E-state index in [1.165, 1.54) is 31.2 Å². The zero-order valence-corrected chi connectivity index (χ0v) is 45.3. The highest BCUT2D eigenvalue weighted by Gasteiger charge is 2.54. The number of aliphatic hydroxyl groups excluding tert-OH is 13. The van der Waals surface area contributed by atoms with Gasteiger partial charge in [0.2, 0.25) is 42.1 Å². The van der Waals surface area contributed by atoms with Gasteiger partial charge < -0.3 is 133 Å². The van der Waals surface area contributed by atoms with Gasteiger partial charge in [-0.2, -0.15) is 0 Å². The predicted molar refractivity (Wildman–Crippen MR) is 280 cm³/mol. The molecule has 467 valence electrons. The fourth-order valence-corrected chi connectivity index (χ4v) is 9.73. The van der Waals surface area contributed by atoms with Crippen LogP contribution in [0.3, 0.4) is 0 Å². The van der Waals surface area contributed by atoms with Gasteiger partial charge >= 0.3 is 0 Å². The van der Waals surface area contributed by atoms with Crippen LogP contribution in [0.1, 0.15) is 30.9 Å². The third-order valence-electron chi connectivity index (χ3n) is 14.7. The molecule has 23 atom stereocenters. The molecule has 33 nitrogen and oxygen atoms in total. The van der Waals surface area contributed by atoms with Crippen molar-refractivity contribution >= 4 is 41.8 Å². The average molecular weight is 1200 g/mol. The molecule has 18 unspecified atom stereocenters. The average Bonchev–Trinajstić information content (AvgIpc) is 2.43. The van der Waals surface area contributed by atoms with Gasteiger partial charge in [0.15, 0.2) is 18.5 Å². The number of hydrogen-bond acceptors (Lipinski definition) is 26. The number of amides is 5. The fourth-order valence-electron chi connectivity index (χ4n) is 9.73. The second-order valence-corrected chi connectivity index (χ2v) is 20.5. The lowest BCUT2D eigenvalue weighted by Gasteiger charge is -2.46. The predicted octanol–water partition coefficient (Wildman–Crippen LogP) is -11.1. The van der Waals surface area contributed by atoms with Gasteiger partial charge in [0, 0.05) is 18.9 Å². The SMILES string of the molecule is CC(c1ccccc1)[C@H](NC(=O)CNC(=O)[C@H](CO)NC(=O)[C@@H](NC(=O)[C@H](C)N)C(O)C1CNC(=N)N1C1OC(CO)C(O)C(O)C1O)C(=O)N[C@H]([C]=O)Cc1ccc(OC2OC(CO)C(OC3OC(CO)C(O)C(O)C3O)C(O)C2O)cc1. The summed E-state index contributed by atoms with van der Waals surface area (Å²) in [6.07, 6.45) is -26.1. The van der Waals surface area contributed by atoms with Gasteiger partial charge in [0.1, 0.15) is 103 Å². The smallest absolute Gasteiger partial charge is 0.246 e. The maximum Gasteiger partial charge on any atom is 0.246 e. The number of nitrogens with two attached hydrogens (primary N) is 1. The number of aliphatic hydroxyl groups is 13. The van der Waals surface area contributed by atoms with Crippen molar-refractivity contribution in [1.82, 2.24) is 36.8 Å². The Hall–Kier alpha value is -6.19. The largest absolute Gasteiger partial charge is 0.462 e. The first-order chi connectivity index (χ1) is 39.9. The summed E-state index contributed by atoms with van der Waals surface area (Å²) < 4.78 is 27.9. The van der Waals surface area contributed by atoms with Gasteiger partial charge in [-0.05, 0) is 30.2 Å². The summed E-state index contributed by atoms with van der Waals surface area (Å²) in [6, 6.07) is 4.74. The van der Waals surface area contributed by atoms with Crippen LogP contribution in [0.5, 0.6) is 5.75 Å². The molecule has 1 radical (unpaired) electrons. The van der Waals surface area contributed by atoms with Crippen LogP contribution in [0.25, 0.3) is 0 Å². The lowest BCUT2D eigenvalue weighted by Crippen LogP contribution is -2.68. The van der Waals surface area contributed by atoms with Gasteiger partial charge in [0.25, 0.3) is 0 Å². The van der Waals surface area contributed by atoms with Crippen LogP contribution in [-0.2, 0) is 54.1 Å². The van der Waals surface area contributed by atoms with Crippen molar-refractivity contribution in [3.63, 3.8) is 0 Å². The molecule has 0 saturated carbocycles. The minimum atomic E-state index is -2.05. The zero-order valence-electron chi connectivity index (χ0n) is 45.3. The lowest BCUT2D eigenvalue weighted by atomic mass is 9.92. The van der Waals surface area contributed by atoms with E-state index in [2.05, 4.69) is 31.9 Å². The molecule has 22 N–H and O–H groups in total. The minimum Gasteiger partial charge on any atom is -0.462 e. The number of carbonyl (C=O) groups excluding carboxylic acids is 6. The van der Waals surface area contributed by atoms with E-state index in [4.69, 9.17) is 34.8 Å². The summed E-state index contributed by atoms with van der Waals surface area (Å²) in [7, 11) is 0. The molecule has 4 heterocycles. The van der Waals surface area contributed by atoms with Crippen LogP contribution in [0.15, 0.2) is 54.6 Å². The number of carbonyl (C=O) groups is 5. The number of hydrogen-bond donors (Lipinski definition) is 21. The lowest BCUT2D eigenvalue weighted by molar-refractivity contribution is -0.352. The molecule has 4 saturated heterocycles. The Morgan fingerprint density at radius 2 is 1.29 bits per heavy atom. The Bertz CT molecular complexity index is 2520. The van der Waals surface area contributed by atoms with E-state index < -0.39 is 209 Å². The number of nitrogens with one attached hydrogen (secondary N) is 7. The molecule has 0 bridgehead atoms. The van der Waals surface area contributed by atoms with E-state index in [0.717, 1.165) is 4.90 Å². The maximum absolute atomic E-state index is 14.0. The van der Waals surface area contributed by atoms with E-state index in [1.54, 1.807) is 43.5 Å².